The Morgan fingerprint density at radius 3 is 2.28 bits per heavy atom. The monoisotopic (exact) mass is 336 g/mol. The molecule has 2 aromatic carbocycles. The highest BCUT2D eigenvalue weighted by Crippen LogP contribution is 2.33. The molecule has 2 aromatic rings. The average molecular weight is 336 g/mol. The molecule has 1 aliphatic heterocycles. The summed E-state index contributed by atoms with van der Waals surface area (Å²) in [6, 6.07) is 14.7. The molecule has 132 valence electrons. The molecule has 0 aromatic heterocycles. The van der Waals surface area contributed by atoms with Gasteiger partial charge in [0.15, 0.2) is 0 Å². The number of anilines is 2. The van der Waals surface area contributed by atoms with Gasteiger partial charge >= 0.3 is 0 Å². The molecule has 0 atom stereocenters. The fourth-order valence-corrected chi connectivity index (χ4v) is 3.62. The van der Waals surface area contributed by atoms with Gasteiger partial charge in [-0.2, -0.15) is 0 Å². The van der Waals surface area contributed by atoms with Crippen LogP contribution in [-0.2, 0) is 11.2 Å². The molecule has 25 heavy (non-hydrogen) atoms. The molecule has 3 rings (SSSR count). The van der Waals surface area contributed by atoms with Gasteiger partial charge in [-0.15, -0.1) is 0 Å². The van der Waals surface area contributed by atoms with E-state index in [4.69, 9.17) is 0 Å². The zero-order valence-corrected chi connectivity index (χ0v) is 15.7. The van der Waals surface area contributed by atoms with Gasteiger partial charge in [-0.25, -0.2) is 0 Å². The molecule has 3 heteroatoms. The standard InChI is InChI=1S/C22H28N2O/c1-15(2)18-9-7-10-19(16(3)4)22(18)23-21(25)14-24-13-12-17-8-5-6-11-20(17)24/h5-11,15-16H,12-14H2,1-4H3,(H,23,25). The van der Waals surface area contributed by atoms with Crippen molar-refractivity contribution in [3.8, 4) is 0 Å². The summed E-state index contributed by atoms with van der Waals surface area (Å²) >= 11 is 0. The smallest absolute Gasteiger partial charge is 0.243 e. The number of hydrogen-bond donors (Lipinski definition) is 1. The molecule has 0 radical (unpaired) electrons. The van der Waals surface area contributed by atoms with Crippen molar-refractivity contribution >= 4 is 17.3 Å². The van der Waals surface area contributed by atoms with Crippen LogP contribution < -0.4 is 10.2 Å². The Morgan fingerprint density at radius 1 is 1.00 bits per heavy atom. The topological polar surface area (TPSA) is 32.3 Å². The SMILES string of the molecule is CC(C)c1cccc(C(C)C)c1NC(=O)CN1CCc2ccccc21. The number of fused-ring (bicyclic) bond motifs is 1. The minimum Gasteiger partial charge on any atom is -0.362 e. The van der Waals surface area contributed by atoms with E-state index in [2.05, 4.69) is 74.3 Å². The van der Waals surface area contributed by atoms with Gasteiger partial charge in [-0.05, 0) is 41.0 Å². The summed E-state index contributed by atoms with van der Waals surface area (Å²) in [6.45, 7) is 10.0. The van der Waals surface area contributed by atoms with Crippen LogP contribution in [0.2, 0.25) is 0 Å². The lowest BCUT2D eigenvalue weighted by Crippen LogP contribution is -2.32. The van der Waals surface area contributed by atoms with E-state index in [1.165, 1.54) is 22.4 Å². The summed E-state index contributed by atoms with van der Waals surface area (Å²) in [5.74, 6) is 0.815. The van der Waals surface area contributed by atoms with Crippen LogP contribution >= 0.6 is 0 Å². The summed E-state index contributed by atoms with van der Waals surface area (Å²) in [4.78, 5) is 15.0. The zero-order valence-electron chi connectivity index (χ0n) is 15.7. The maximum absolute atomic E-state index is 12.8. The van der Waals surface area contributed by atoms with E-state index in [1.807, 2.05) is 6.07 Å². The molecule has 1 amide bonds. The van der Waals surface area contributed by atoms with Gasteiger partial charge in [-0.3, -0.25) is 4.79 Å². The van der Waals surface area contributed by atoms with Gasteiger partial charge in [0.2, 0.25) is 5.91 Å². The van der Waals surface area contributed by atoms with Gasteiger partial charge in [0.25, 0.3) is 0 Å². The number of nitrogens with zero attached hydrogens (tertiary/aromatic N) is 1. The van der Waals surface area contributed by atoms with Crippen molar-refractivity contribution in [2.45, 2.75) is 46.0 Å². The zero-order chi connectivity index (χ0) is 18.0. The van der Waals surface area contributed by atoms with E-state index in [0.717, 1.165) is 18.7 Å². The predicted molar refractivity (Wildman–Crippen MR) is 106 cm³/mol. The number of nitrogens with one attached hydrogen (secondary N) is 1. The summed E-state index contributed by atoms with van der Waals surface area (Å²) in [6.07, 6.45) is 1.02. The Labute approximate surface area is 151 Å². The first-order valence-electron chi connectivity index (χ1n) is 9.23. The van der Waals surface area contributed by atoms with Crippen molar-refractivity contribution in [2.24, 2.45) is 0 Å². The second kappa shape index (κ2) is 7.30. The molecule has 0 aliphatic carbocycles. The Kier molecular flexibility index (Phi) is 5.12. The lowest BCUT2D eigenvalue weighted by atomic mass is 9.92. The lowest BCUT2D eigenvalue weighted by molar-refractivity contribution is -0.115. The Balaban J connectivity index is 1.80. The third-order valence-electron chi connectivity index (χ3n) is 4.96. The van der Waals surface area contributed by atoms with Crippen LogP contribution in [-0.4, -0.2) is 19.0 Å². The van der Waals surface area contributed by atoms with Gasteiger partial charge in [0, 0.05) is 17.9 Å². The predicted octanol–water partition coefficient (Wildman–Crippen LogP) is 4.93. The highest BCUT2D eigenvalue weighted by Gasteiger charge is 2.22. The van der Waals surface area contributed by atoms with E-state index in [0.29, 0.717) is 18.4 Å². The molecule has 0 unspecified atom stereocenters. The number of carbonyl (C=O) groups excluding carboxylic acids is 1. The maximum atomic E-state index is 12.8. The first-order chi connectivity index (χ1) is 12.0. The molecule has 1 N–H and O–H groups in total. The molecule has 0 saturated carbocycles. The maximum Gasteiger partial charge on any atom is 0.243 e. The third-order valence-corrected chi connectivity index (χ3v) is 4.96. The molecule has 1 aliphatic rings. The summed E-state index contributed by atoms with van der Waals surface area (Å²) in [7, 11) is 0. The summed E-state index contributed by atoms with van der Waals surface area (Å²) < 4.78 is 0. The van der Waals surface area contributed by atoms with Crippen LogP contribution in [0, 0.1) is 0 Å². The Bertz CT molecular complexity index is 738. The first-order valence-corrected chi connectivity index (χ1v) is 9.23. The molecule has 0 saturated heterocycles. The third kappa shape index (κ3) is 3.71. The quantitative estimate of drug-likeness (QED) is 0.839. The molecule has 0 bridgehead atoms. The number of amides is 1. The highest BCUT2D eigenvalue weighted by molar-refractivity contribution is 5.96. The van der Waals surface area contributed by atoms with Crippen molar-refractivity contribution < 1.29 is 4.79 Å². The van der Waals surface area contributed by atoms with Crippen LogP contribution in [0.3, 0.4) is 0 Å². The second-order valence-corrected chi connectivity index (χ2v) is 7.47. The van der Waals surface area contributed by atoms with Crippen LogP contribution in [0.15, 0.2) is 42.5 Å². The second-order valence-electron chi connectivity index (χ2n) is 7.47. The van der Waals surface area contributed by atoms with Gasteiger partial charge < -0.3 is 10.2 Å². The molecule has 1 heterocycles. The Morgan fingerprint density at radius 2 is 1.64 bits per heavy atom. The van der Waals surface area contributed by atoms with Crippen molar-refractivity contribution in [1.82, 2.24) is 0 Å². The van der Waals surface area contributed by atoms with Gasteiger partial charge in [0.1, 0.15) is 0 Å². The number of rotatable bonds is 5. The van der Waals surface area contributed by atoms with E-state index in [9.17, 15) is 4.79 Å². The average Bonchev–Trinajstić information content (AvgIpc) is 2.97. The van der Waals surface area contributed by atoms with Crippen molar-refractivity contribution in [1.29, 1.82) is 0 Å². The number of benzene rings is 2. The molecule has 0 fully saturated rings. The summed E-state index contributed by atoms with van der Waals surface area (Å²) in [5.41, 5.74) is 5.95. The van der Waals surface area contributed by atoms with Crippen LogP contribution in [0.5, 0.6) is 0 Å². The van der Waals surface area contributed by atoms with Crippen molar-refractivity contribution in [3.63, 3.8) is 0 Å². The fourth-order valence-electron chi connectivity index (χ4n) is 3.62. The minimum atomic E-state index is 0.0618. The van der Waals surface area contributed by atoms with Crippen LogP contribution in [0.25, 0.3) is 0 Å². The van der Waals surface area contributed by atoms with Crippen molar-refractivity contribution in [3.05, 3.63) is 59.2 Å². The van der Waals surface area contributed by atoms with Gasteiger partial charge in [-0.1, -0.05) is 64.1 Å². The first kappa shape index (κ1) is 17.5. The number of hydrogen-bond acceptors (Lipinski definition) is 2. The van der Waals surface area contributed by atoms with Crippen LogP contribution in [0.1, 0.15) is 56.2 Å². The van der Waals surface area contributed by atoms with Gasteiger partial charge in [0.05, 0.1) is 6.54 Å². The molecular formula is C22H28N2O. The molecule has 0 spiro atoms. The lowest BCUT2D eigenvalue weighted by Gasteiger charge is -2.23. The highest BCUT2D eigenvalue weighted by atomic mass is 16.2. The number of para-hydroxylation sites is 2. The normalized spacial score (nSPS) is 13.4. The molecular weight excluding hydrogens is 308 g/mol. The fraction of sp³-hybridized carbons (Fsp3) is 0.409. The minimum absolute atomic E-state index is 0.0618. The van der Waals surface area contributed by atoms with E-state index in [1.54, 1.807) is 0 Å². The van der Waals surface area contributed by atoms with E-state index in [-0.39, 0.29) is 5.91 Å². The van der Waals surface area contributed by atoms with E-state index >= 15 is 0 Å². The summed E-state index contributed by atoms with van der Waals surface area (Å²) in [5, 5.41) is 3.22. The Hall–Kier alpha value is -2.29. The number of carbonyl (C=O) groups is 1. The molecule has 3 nitrogen and oxygen atoms in total. The van der Waals surface area contributed by atoms with Crippen molar-refractivity contribution in [2.75, 3.05) is 23.3 Å². The van der Waals surface area contributed by atoms with Crippen LogP contribution in [0.4, 0.5) is 11.4 Å². The van der Waals surface area contributed by atoms with E-state index < -0.39 is 0 Å². The largest absolute Gasteiger partial charge is 0.362 e.